The van der Waals surface area contributed by atoms with E-state index >= 15 is 0 Å². The zero-order valence-electron chi connectivity index (χ0n) is 13.5. The molecule has 122 valence electrons. The van der Waals surface area contributed by atoms with Gasteiger partial charge in [0.25, 0.3) is 0 Å². The SMILES string of the molecule is CCc1cc(C(=O)OCCO)c(N(C)C)cc1CC(=O)OC. The van der Waals surface area contributed by atoms with Gasteiger partial charge < -0.3 is 19.5 Å². The van der Waals surface area contributed by atoms with Crippen molar-refractivity contribution in [3.63, 3.8) is 0 Å². The number of ether oxygens (including phenoxy) is 2. The van der Waals surface area contributed by atoms with Gasteiger partial charge in [0.05, 0.1) is 31.4 Å². The molecule has 0 saturated heterocycles. The minimum atomic E-state index is -0.489. The van der Waals surface area contributed by atoms with Gasteiger partial charge in [-0.1, -0.05) is 6.92 Å². The highest BCUT2D eigenvalue weighted by Crippen LogP contribution is 2.26. The zero-order valence-corrected chi connectivity index (χ0v) is 13.5. The summed E-state index contributed by atoms with van der Waals surface area (Å²) in [5, 5.41) is 8.77. The zero-order chi connectivity index (χ0) is 16.7. The number of hydrogen-bond donors (Lipinski definition) is 1. The number of carbonyl (C=O) groups is 2. The number of rotatable bonds is 7. The summed E-state index contributed by atoms with van der Waals surface area (Å²) < 4.78 is 9.72. The summed E-state index contributed by atoms with van der Waals surface area (Å²) in [7, 11) is 4.97. The second-order valence-electron chi connectivity index (χ2n) is 5.00. The Kier molecular flexibility index (Phi) is 6.85. The number of esters is 2. The van der Waals surface area contributed by atoms with Crippen LogP contribution in [0.4, 0.5) is 5.69 Å². The van der Waals surface area contributed by atoms with Gasteiger partial charge in [-0.3, -0.25) is 4.79 Å². The first kappa shape index (κ1) is 18.0. The molecule has 0 unspecified atom stereocenters. The molecule has 0 aliphatic rings. The molecule has 1 aromatic carbocycles. The molecule has 0 saturated carbocycles. The molecule has 0 bridgehead atoms. The van der Waals surface area contributed by atoms with Crippen LogP contribution >= 0.6 is 0 Å². The molecule has 1 aromatic rings. The maximum absolute atomic E-state index is 12.1. The predicted molar refractivity (Wildman–Crippen MR) is 83.2 cm³/mol. The smallest absolute Gasteiger partial charge is 0.340 e. The molecular weight excluding hydrogens is 286 g/mol. The van der Waals surface area contributed by atoms with E-state index in [1.165, 1.54) is 7.11 Å². The first-order chi connectivity index (χ1) is 10.4. The van der Waals surface area contributed by atoms with Gasteiger partial charge in [-0.2, -0.15) is 0 Å². The maximum Gasteiger partial charge on any atom is 0.340 e. The minimum absolute atomic E-state index is 0.0446. The molecule has 22 heavy (non-hydrogen) atoms. The number of methoxy groups -OCH3 is 1. The number of aliphatic hydroxyl groups is 1. The summed E-state index contributed by atoms with van der Waals surface area (Å²) in [5.41, 5.74) is 2.81. The van der Waals surface area contributed by atoms with Gasteiger partial charge >= 0.3 is 11.9 Å². The Hall–Kier alpha value is -2.08. The van der Waals surface area contributed by atoms with Gasteiger partial charge in [0.2, 0.25) is 0 Å². The van der Waals surface area contributed by atoms with Gasteiger partial charge in [-0.05, 0) is 29.7 Å². The normalized spacial score (nSPS) is 10.2. The van der Waals surface area contributed by atoms with Crippen LogP contribution in [-0.2, 0) is 27.1 Å². The summed E-state index contributed by atoms with van der Waals surface area (Å²) >= 11 is 0. The van der Waals surface area contributed by atoms with Crippen molar-refractivity contribution in [3.05, 3.63) is 28.8 Å². The molecule has 0 spiro atoms. The van der Waals surface area contributed by atoms with Crippen LogP contribution in [0.5, 0.6) is 0 Å². The van der Waals surface area contributed by atoms with Crippen molar-refractivity contribution in [3.8, 4) is 0 Å². The number of benzene rings is 1. The van der Waals surface area contributed by atoms with Crippen LogP contribution in [0, 0.1) is 0 Å². The van der Waals surface area contributed by atoms with E-state index in [1.807, 2.05) is 27.1 Å². The third kappa shape index (κ3) is 4.46. The van der Waals surface area contributed by atoms with Crippen LogP contribution in [0.2, 0.25) is 0 Å². The average Bonchev–Trinajstić information content (AvgIpc) is 2.51. The topological polar surface area (TPSA) is 76.1 Å². The van der Waals surface area contributed by atoms with Crippen LogP contribution in [0.1, 0.15) is 28.4 Å². The number of nitrogens with zero attached hydrogens (tertiary/aromatic N) is 1. The fourth-order valence-corrected chi connectivity index (χ4v) is 2.15. The summed E-state index contributed by atoms with van der Waals surface area (Å²) in [6.07, 6.45) is 0.840. The van der Waals surface area contributed by atoms with E-state index in [9.17, 15) is 9.59 Å². The summed E-state index contributed by atoms with van der Waals surface area (Å²) in [6, 6.07) is 3.55. The van der Waals surface area contributed by atoms with Crippen LogP contribution in [-0.4, -0.2) is 51.5 Å². The largest absolute Gasteiger partial charge is 0.469 e. The van der Waals surface area contributed by atoms with Gasteiger partial charge in [0.15, 0.2) is 0 Å². The van der Waals surface area contributed by atoms with Gasteiger partial charge in [-0.15, -0.1) is 0 Å². The summed E-state index contributed by atoms with van der Waals surface area (Å²) in [4.78, 5) is 25.5. The molecular formula is C16H23NO5. The van der Waals surface area contributed by atoms with Crippen molar-refractivity contribution < 1.29 is 24.2 Å². The van der Waals surface area contributed by atoms with Gasteiger partial charge in [0.1, 0.15) is 6.61 Å². The summed E-state index contributed by atoms with van der Waals surface area (Å²) in [6.45, 7) is 1.69. The van der Waals surface area contributed by atoms with Crippen molar-refractivity contribution in [2.24, 2.45) is 0 Å². The number of anilines is 1. The lowest BCUT2D eigenvalue weighted by Crippen LogP contribution is -2.18. The Labute approximate surface area is 130 Å². The molecule has 0 fully saturated rings. The van der Waals surface area contributed by atoms with E-state index in [4.69, 9.17) is 14.6 Å². The summed E-state index contributed by atoms with van der Waals surface area (Å²) in [5.74, 6) is -0.813. The Morgan fingerprint density at radius 1 is 1.23 bits per heavy atom. The molecule has 6 heteroatoms. The van der Waals surface area contributed by atoms with Crippen LogP contribution < -0.4 is 4.90 Å². The fourth-order valence-electron chi connectivity index (χ4n) is 2.15. The monoisotopic (exact) mass is 309 g/mol. The molecule has 0 aromatic heterocycles. The number of aliphatic hydroxyl groups excluding tert-OH is 1. The quantitative estimate of drug-likeness (QED) is 0.762. The highest BCUT2D eigenvalue weighted by Gasteiger charge is 2.19. The molecule has 0 aliphatic carbocycles. The lowest BCUT2D eigenvalue weighted by molar-refractivity contribution is -0.139. The molecule has 0 amide bonds. The van der Waals surface area contributed by atoms with E-state index in [1.54, 1.807) is 11.0 Å². The third-order valence-corrected chi connectivity index (χ3v) is 3.29. The fraction of sp³-hybridized carbons (Fsp3) is 0.500. The van der Waals surface area contributed by atoms with Gasteiger partial charge in [-0.25, -0.2) is 4.79 Å². The Morgan fingerprint density at radius 3 is 2.41 bits per heavy atom. The predicted octanol–water partition coefficient (Wildman–Crippen LogP) is 1.18. The van der Waals surface area contributed by atoms with Crippen molar-refractivity contribution in [2.45, 2.75) is 19.8 Å². The van der Waals surface area contributed by atoms with E-state index in [0.717, 1.165) is 11.1 Å². The van der Waals surface area contributed by atoms with Crippen molar-refractivity contribution in [1.29, 1.82) is 0 Å². The van der Waals surface area contributed by atoms with E-state index in [2.05, 4.69) is 0 Å². The Morgan fingerprint density at radius 2 is 1.91 bits per heavy atom. The van der Waals surface area contributed by atoms with E-state index in [0.29, 0.717) is 17.7 Å². The molecule has 0 heterocycles. The third-order valence-electron chi connectivity index (χ3n) is 3.29. The second kappa shape index (κ2) is 8.38. The van der Waals surface area contributed by atoms with Crippen molar-refractivity contribution in [1.82, 2.24) is 0 Å². The van der Waals surface area contributed by atoms with Crippen molar-refractivity contribution in [2.75, 3.05) is 39.3 Å². The first-order valence-electron chi connectivity index (χ1n) is 7.12. The van der Waals surface area contributed by atoms with E-state index in [-0.39, 0.29) is 25.6 Å². The van der Waals surface area contributed by atoms with Crippen LogP contribution in [0.25, 0.3) is 0 Å². The Bertz CT molecular complexity index is 540. The highest BCUT2D eigenvalue weighted by atomic mass is 16.5. The molecule has 0 radical (unpaired) electrons. The van der Waals surface area contributed by atoms with Crippen LogP contribution in [0.15, 0.2) is 12.1 Å². The van der Waals surface area contributed by atoms with E-state index < -0.39 is 5.97 Å². The second-order valence-corrected chi connectivity index (χ2v) is 5.00. The number of aryl methyl sites for hydroxylation is 1. The minimum Gasteiger partial charge on any atom is -0.469 e. The van der Waals surface area contributed by atoms with Gasteiger partial charge in [0, 0.05) is 14.1 Å². The number of carbonyl (C=O) groups excluding carboxylic acids is 2. The van der Waals surface area contributed by atoms with Crippen molar-refractivity contribution >= 4 is 17.6 Å². The number of hydrogen-bond acceptors (Lipinski definition) is 6. The maximum atomic E-state index is 12.1. The molecule has 1 N–H and O–H groups in total. The highest BCUT2D eigenvalue weighted by molar-refractivity contribution is 5.96. The first-order valence-corrected chi connectivity index (χ1v) is 7.12. The molecule has 6 nitrogen and oxygen atoms in total. The lowest BCUT2D eigenvalue weighted by atomic mass is 9.97. The molecule has 0 aliphatic heterocycles. The van der Waals surface area contributed by atoms with Crippen LogP contribution in [0.3, 0.4) is 0 Å². The Balaban J connectivity index is 3.27. The molecule has 0 atom stereocenters. The average molecular weight is 309 g/mol. The lowest BCUT2D eigenvalue weighted by Gasteiger charge is -2.20. The standard InChI is InChI=1S/C16H23NO5/c1-5-11-8-13(16(20)22-7-6-18)14(17(2)3)9-12(11)10-15(19)21-4/h8-9,18H,5-7,10H2,1-4H3. The molecule has 1 rings (SSSR count).